The highest BCUT2D eigenvalue weighted by atomic mass is 16.6. The molecular formula is C13H17NO5. The Labute approximate surface area is 111 Å². The van der Waals surface area contributed by atoms with E-state index < -0.39 is 29.2 Å². The molecule has 1 aliphatic heterocycles. The summed E-state index contributed by atoms with van der Waals surface area (Å²) >= 11 is 0. The Morgan fingerprint density at radius 3 is 2.16 bits per heavy atom. The Balaban J connectivity index is 3.08. The van der Waals surface area contributed by atoms with Gasteiger partial charge in [-0.05, 0) is 20.8 Å². The second-order valence-corrected chi connectivity index (χ2v) is 4.14. The highest BCUT2D eigenvalue weighted by molar-refractivity contribution is 6.06. The van der Waals surface area contributed by atoms with Crippen molar-refractivity contribution >= 4 is 24.1 Å². The number of ether oxygens (including phenoxy) is 2. The Morgan fingerprint density at radius 1 is 1.26 bits per heavy atom. The van der Waals surface area contributed by atoms with Crippen molar-refractivity contribution in [3.8, 4) is 0 Å². The van der Waals surface area contributed by atoms with Crippen LogP contribution in [0.1, 0.15) is 20.8 Å². The fourth-order valence-electron chi connectivity index (χ4n) is 1.69. The summed E-state index contributed by atoms with van der Waals surface area (Å²) in [6.07, 6.45) is 3.96. The molecule has 0 aromatic carbocycles. The van der Waals surface area contributed by atoms with E-state index in [0.29, 0.717) is 0 Å². The molecule has 0 bridgehead atoms. The smallest absolute Gasteiger partial charge is 0.324 e. The number of rotatable bonds is 5. The maximum Gasteiger partial charge on any atom is 0.324 e. The van der Waals surface area contributed by atoms with Crippen LogP contribution < -0.4 is 0 Å². The number of aliphatic imine (C=N–C) groups is 1. The minimum atomic E-state index is -1.54. The van der Waals surface area contributed by atoms with Gasteiger partial charge < -0.3 is 9.47 Å². The van der Waals surface area contributed by atoms with Crippen molar-refractivity contribution in [1.82, 2.24) is 0 Å². The Bertz CT molecular complexity index is 404. The monoisotopic (exact) mass is 267 g/mol. The van der Waals surface area contributed by atoms with Crippen molar-refractivity contribution in [3.63, 3.8) is 0 Å². The average Bonchev–Trinajstić information content (AvgIpc) is 2.39. The SMILES string of the molecule is CCOC(=O)C(C)(C(=O)OCC)C1C=CC(=O)N=C1. The molecule has 0 spiro atoms. The van der Waals surface area contributed by atoms with E-state index in [-0.39, 0.29) is 13.2 Å². The summed E-state index contributed by atoms with van der Waals surface area (Å²) in [7, 11) is 0. The van der Waals surface area contributed by atoms with Gasteiger partial charge in [0.05, 0.1) is 13.2 Å². The number of allylic oxidation sites excluding steroid dienone is 1. The lowest BCUT2D eigenvalue weighted by atomic mass is 9.76. The summed E-state index contributed by atoms with van der Waals surface area (Å²) < 4.78 is 9.87. The van der Waals surface area contributed by atoms with Crippen molar-refractivity contribution in [3.05, 3.63) is 12.2 Å². The number of carbonyl (C=O) groups excluding carboxylic acids is 3. The Morgan fingerprint density at radius 2 is 1.79 bits per heavy atom. The lowest BCUT2D eigenvalue weighted by Gasteiger charge is -2.29. The van der Waals surface area contributed by atoms with Crippen molar-refractivity contribution in [2.24, 2.45) is 16.3 Å². The zero-order valence-corrected chi connectivity index (χ0v) is 11.2. The summed E-state index contributed by atoms with van der Waals surface area (Å²) in [5, 5.41) is 0. The van der Waals surface area contributed by atoms with Crippen molar-refractivity contribution in [2.75, 3.05) is 13.2 Å². The molecule has 0 saturated heterocycles. The maximum absolute atomic E-state index is 12.1. The van der Waals surface area contributed by atoms with Gasteiger partial charge in [0.15, 0.2) is 5.41 Å². The third-order valence-electron chi connectivity index (χ3n) is 2.87. The molecule has 0 fully saturated rings. The maximum atomic E-state index is 12.1. The number of nitrogens with zero attached hydrogens (tertiary/aromatic N) is 1. The highest BCUT2D eigenvalue weighted by Gasteiger charge is 2.50. The van der Waals surface area contributed by atoms with Crippen LogP contribution in [0.25, 0.3) is 0 Å². The molecule has 1 amide bonds. The van der Waals surface area contributed by atoms with Crippen molar-refractivity contribution in [2.45, 2.75) is 20.8 Å². The second-order valence-electron chi connectivity index (χ2n) is 4.14. The van der Waals surface area contributed by atoms with Crippen LogP contribution >= 0.6 is 0 Å². The molecule has 1 aliphatic rings. The number of amides is 1. The van der Waals surface area contributed by atoms with Crippen molar-refractivity contribution < 1.29 is 23.9 Å². The normalized spacial score (nSPS) is 18.3. The molecule has 1 heterocycles. The first-order valence-corrected chi connectivity index (χ1v) is 6.07. The van der Waals surface area contributed by atoms with Gasteiger partial charge in [0.25, 0.3) is 5.91 Å². The zero-order valence-electron chi connectivity index (χ0n) is 11.2. The van der Waals surface area contributed by atoms with E-state index in [9.17, 15) is 14.4 Å². The lowest BCUT2D eigenvalue weighted by molar-refractivity contribution is -0.172. The van der Waals surface area contributed by atoms with Crippen LogP contribution in [0.2, 0.25) is 0 Å². The predicted octanol–water partition coefficient (Wildman–Crippen LogP) is 0.902. The van der Waals surface area contributed by atoms with Crippen LogP contribution in [-0.4, -0.2) is 37.3 Å². The van der Waals surface area contributed by atoms with Gasteiger partial charge >= 0.3 is 11.9 Å². The largest absolute Gasteiger partial charge is 0.465 e. The fourth-order valence-corrected chi connectivity index (χ4v) is 1.69. The van der Waals surface area contributed by atoms with Gasteiger partial charge in [-0.15, -0.1) is 0 Å². The predicted molar refractivity (Wildman–Crippen MR) is 67.5 cm³/mol. The number of dihydropyridines is 1. The molecule has 0 N–H and O–H groups in total. The van der Waals surface area contributed by atoms with E-state index in [0.717, 1.165) is 0 Å². The summed E-state index contributed by atoms with van der Waals surface area (Å²) in [4.78, 5) is 38.7. The average molecular weight is 267 g/mol. The fraction of sp³-hybridized carbons (Fsp3) is 0.538. The molecule has 1 rings (SSSR count). The third kappa shape index (κ3) is 3.07. The topological polar surface area (TPSA) is 82.0 Å². The van der Waals surface area contributed by atoms with E-state index >= 15 is 0 Å². The first-order valence-electron chi connectivity index (χ1n) is 6.07. The van der Waals surface area contributed by atoms with E-state index in [1.165, 1.54) is 25.3 Å². The summed E-state index contributed by atoms with van der Waals surface area (Å²) in [5.74, 6) is -2.47. The van der Waals surface area contributed by atoms with E-state index in [1.54, 1.807) is 13.8 Å². The number of esters is 2. The van der Waals surface area contributed by atoms with Gasteiger partial charge in [-0.25, -0.2) is 4.99 Å². The Kier molecular flexibility index (Phi) is 4.97. The van der Waals surface area contributed by atoms with E-state index in [2.05, 4.69) is 4.99 Å². The lowest BCUT2D eigenvalue weighted by Crippen LogP contribution is -2.46. The third-order valence-corrected chi connectivity index (χ3v) is 2.87. The standard InChI is InChI=1S/C13H17NO5/c1-4-18-11(16)13(3,12(17)19-5-2)9-6-7-10(15)14-8-9/h6-9H,4-5H2,1-3H3. The molecule has 104 valence electrons. The molecule has 1 unspecified atom stereocenters. The number of hydrogen-bond acceptors (Lipinski definition) is 5. The first kappa shape index (κ1) is 15.1. The van der Waals surface area contributed by atoms with E-state index in [4.69, 9.17) is 9.47 Å². The van der Waals surface area contributed by atoms with Gasteiger partial charge in [-0.3, -0.25) is 14.4 Å². The molecular weight excluding hydrogens is 250 g/mol. The van der Waals surface area contributed by atoms with E-state index in [1.807, 2.05) is 0 Å². The van der Waals surface area contributed by atoms with Gasteiger partial charge in [0.1, 0.15) is 0 Å². The number of hydrogen-bond donors (Lipinski definition) is 0. The van der Waals surface area contributed by atoms with Gasteiger partial charge in [0, 0.05) is 18.2 Å². The molecule has 19 heavy (non-hydrogen) atoms. The molecule has 0 aromatic heterocycles. The van der Waals surface area contributed by atoms with Crippen LogP contribution in [0.15, 0.2) is 17.1 Å². The number of carbonyl (C=O) groups is 3. The molecule has 0 aliphatic carbocycles. The second kappa shape index (κ2) is 6.26. The Hall–Kier alpha value is -1.98. The molecule has 0 aromatic rings. The van der Waals surface area contributed by atoms with Gasteiger partial charge in [-0.2, -0.15) is 0 Å². The molecule has 6 nitrogen and oxygen atoms in total. The summed E-state index contributed by atoms with van der Waals surface area (Å²) in [6, 6.07) is 0. The summed E-state index contributed by atoms with van der Waals surface area (Å²) in [6.45, 7) is 5.04. The van der Waals surface area contributed by atoms with Crippen LogP contribution in [-0.2, 0) is 23.9 Å². The van der Waals surface area contributed by atoms with Gasteiger partial charge in [-0.1, -0.05) is 6.08 Å². The van der Waals surface area contributed by atoms with Crippen LogP contribution in [0.5, 0.6) is 0 Å². The van der Waals surface area contributed by atoms with Crippen LogP contribution in [0.3, 0.4) is 0 Å². The quantitative estimate of drug-likeness (QED) is 0.546. The van der Waals surface area contributed by atoms with Crippen LogP contribution in [0, 0.1) is 11.3 Å². The van der Waals surface area contributed by atoms with Crippen LogP contribution in [0.4, 0.5) is 0 Å². The zero-order chi connectivity index (χ0) is 14.5. The van der Waals surface area contributed by atoms with Gasteiger partial charge in [0.2, 0.25) is 0 Å². The molecule has 6 heteroatoms. The van der Waals surface area contributed by atoms with Crippen molar-refractivity contribution in [1.29, 1.82) is 0 Å². The molecule has 1 atom stereocenters. The highest BCUT2D eigenvalue weighted by Crippen LogP contribution is 2.32. The molecule has 0 radical (unpaired) electrons. The minimum absolute atomic E-state index is 0.153. The summed E-state index contributed by atoms with van der Waals surface area (Å²) in [5.41, 5.74) is -1.54. The minimum Gasteiger partial charge on any atom is -0.465 e. The first-order chi connectivity index (χ1) is 8.96. The molecule has 0 saturated carbocycles.